The number of sulfonamides is 2. The molecule has 0 aliphatic carbocycles. The summed E-state index contributed by atoms with van der Waals surface area (Å²) in [6, 6.07) is 19.8. The van der Waals surface area contributed by atoms with Gasteiger partial charge in [-0.15, -0.1) is 0 Å². The van der Waals surface area contributed by atoms with Crippen LogP contribution in [0.5, 0.6) is 5.75 Å². The molecular formula is C31H39N5O8S2. The molecule has 2 fully saturated rings. The molecule has 2 aliphatic heterocycles. The maximum atomic E-state index is 13.6. The van der Waals surface area contributed by atoms with Gasteiger partial charge in [0, 0.05) is 37.3 Å². The highest BCUT2D eigenvalue weighted by Gasteiger charge is 2.44. The number of hydrogen-bond acceptors (Lipinski definition) is 10. The smallest absolute Gasteiger partial charge is 0.243 e. The molecule has 0 saturated carbocycles. The Labute approximate surface area is 269 Å². The molecule has 2 atom stereocenters. The minimum Gasteiger partial charge on any atom is -0.491 e. The van der Waals surface area contributed by atoms with Crippen molar-refractivity contribution in [2.75, 3.05) is 39.9 Å². The van der Waals surface area contributed by atoms with Crippen LogP contribution in [-0.4, -0.2) is 94.9 Å². The van der Waals surface area contributed by atoms with Crippen molar-refractivity contribution in [1.29, 1.82) is 0 Å². The molecule has 6 N–H and O–H groups in total. The van der Waals surface area contributed by atoms with Gasteiger partial charge in [-0.3, -0.25) is 0 Å². The molecule has 1 unspecified atom stereocenters. The fourth-order valence-corrected chi connectivity index (χ4v) is 7.99. The summed E-state index contributed by atoms with van der Waals surface area (Å²) < 4.78 is 66.8. The van der Waals surface area contributed by atoms with Gasteiger partial charge < -0.3 is 30.8 Å². The van der Waals surface area contributed by atoms with Crippen LogP contribution in [0.2, 0.25) is 0 Å². The first-order valence-electron chi connectivity index (χ1n) is 14.9. The third kappa shape index (κ3) is 7.69. The molecule has 0 radical (unpaired) electrons. The first-order chi connectivity index (χ1) is 21.9. The molecule has 0 bridgehead atoms. The van der Waals surface area contributed by atoms with Crippen LogP contribution in [0.15, 0.2) is 87.7 Å². The van der Waals surface area contributed by atoms with Crippen molar-refractivity contribution < 1.29 is 36.6 Å². The van der Waals surface area contributed by atoms with Gasteiger partial charge in [0.1, 0.15) is 18.5 Å². The Hall–Kier alpha value is -3.57. The van der Waals surface area contributed by atoms with Crippen LogP contribution in [0.1, 0.15) is 24.8 Å². The maximum absolute atomic E-state index is 13.6. The van der Waals surface area contributed by atoms with Gasteiger partial charge in [-0.25, -0.2) is 21.6 Å². The number of nitrogens with two attached hydrogens (primary N) is 1. The highest BCUT2D eigenvalue weighted by atomic mass is 32.2. The van der Waals surface area contributed by atoms with Gasteiger partial charge in [-0.05, 0) is 61.7 Å². The van der Waals surface area contributed by atoms with Crippen molar-refractivity contribution in [3.63, 3.8) is 0 Å². The van der Waals surface area contributed by atoms with E-state index in [1.807, 2.05) is 6.07 Å². The SMILES string of the molecule is CNS(=O)(=O)c1cccc(OC[C@@H](O)CNC2COC3(CCN(S(=O)(=O)c4cccc(-c5ccc(/C(N)=N/O)cc5)c4)CC3)C2)c1. The summed E-state index contributed by atoms with van der Waals surface area (Å²) in [4.78, 5) is 0.282. The lowest BCUT2D eigenvalue weighted by molar-refractivity contribution is -0.0312. The topological polar surface area (TPSA) is 193 Å². The van der Waals surface area contributed by atoms with E-state index in [4.69, 9.17) is 20.4 Å². The predicted molar refractivity (Wildman–Crippen MR) is 172 cm³/mol. The summed E-state index contributed by atoms with van der Waals surface area (Å²) >= 11 is 0. The zero-order valence-electron chi connectivity index (χ0n) is 25.4. The molecule has 0 aromatic heterocycles. The monoisotopic (exact) mass is 673 g/mol. The van der Waals surface area contributed by atoms with Gasteiger partial charge in [0.05, 0.1) is 22.0 Å². The van der Waals surface area contributed by atoms with Crippen LogP contribution in [0.3, 0.4) is 0 Å². The Balaban J connectivity index is 1.11. The van der Waals surface area contributed by atoms with Crippen LogP contribution in [0.4, 0.5) is 0 Å². The number of aliphatic hydroxyl groups is 1. The standard InChI is InChI=1S/C31H39N5O8S2/c1-33-45(39,40)28-6-3-5-27(17-28)43-21-26(37)19-34-25-18-31(44-20-25)12-14-36(15-13-31)46(41,42)29-7-2-4-24(16-29)22-8-10-23(11-9-22)30(32)35-38/h2-11,16-17,25-26,33-34,37-38H,12-15,18-21H2,1H3,(H2,32,35)/t25?,26-/m0/s1. The lowest BCUT2D eigenvalue weighted by atomic mass is 9.88. The Morgan fingerprint density at radius 1 is 1.04 bits per heavy atom. The second kappa shape index (κ2) is 14.0. The number of amidine groups is 1. The van der Waals surface area contributed by atoms with E-state index in [0.717, 1.165) is 11.1 Å². The first kappa shape index (κ1) is 33.8. The molecule has 5 rings (SSSR count). The van der Waals surface area contributed by atoms with Crippen LogP contribution >= 0.6 is 0 Å². The Morgan fingerprint density at radius 3 is 2.43 bits per heavy atom. The van der Waals surface area contributed by atoms with E-state index in [9.17, 15) is 21.9 Å². The van der Waals surface area contributed by atoms with Gasteiger partial charge in [-0.2, -0.15) is 4.31 Å². The zero-order chi connectivity index (χ0) is 33.0. The molecule has 46 heavy (non-hydrogen) atoms. The second-order valence-corrected chi connectivity index (χ2v) is 15.3. The fourth-order valence-electron chi connectivity index (χ4n) is 5.74. The van der Waals surface area contributed by atoms with Crippen molar-refractivity contribution in [1.82, 2.24) is 14.3 Å². The first-order valence-corrected chi connectivity index (χ1v) is 17.8. The molecule has 15 heteroatoms. The van der Waals surface area contributed by atoms with E-state index in [-0.39, 0.29) is 34.8 Å². The second-order valence-electron chi connectivity index (χ2n) is 11.4. The summed E-state index contributed by atoms with van der Waals surface area (Å²) in [6.07, 6.45) is 0.956. The normalized spacial score (nSPS) is 19.7. The molecule has 13 nitrogen and oxygen atoms in total. The summed E-state index contributed by atoms with van der Waals surface area (Å²) in [7, 11) is -6.01. The van der Waals surface area contributed by atoms with Crippen molar-refractivity contribution in [3.8, 4) is 16.9 Å². The lowest BCUT2D eigenvalue weighted by Crippen LogP contribution is -2.47. The van der Waals surface area contributed by atoms with E-state index in [1.54, 1.807) is 54.6 Å². The fraction of sp³-hybridized carbons (Fsp3) is 0.387. The van der Waals surface area contributed by atoms with Crippen LogP contribution in [-0.2, 0) is 24.8 Å². The number of aliphatic hydroxyl groups excluding tert-OH is 1. The van der Waals surface area contributed by atoms with Crippen LogP contribution in [0.25, 0.3) is 11.1 Å². The number of oxime groups is 1. The number of hydrogen-bond donors (Lipinski definition) is 5. The van der Waals surface area contributed by atoms with Crippen LogP contribution in [0, 0.1) is 0 Å². The Bertz CT molecular complexity index is 1760. The van der Waals surface area contributed by atoms with E-state index in [2.05, 4.69) is 15.2 Å². The largest absolute Gasteiger partial charge is 0.491 e. The predicted octanol–water partition coefficient (Wildman–Crippen LogP) is 1.70. The highest BCUT2D eigenvalue weighted by Crippen LogP contribution is 2.37. The molecule has 3 aromatic rings. The minimum atomic E-state index is -3.73. The van der Waals surface area contributed by atoms with Gasteiger partial charge >= 0.3 is 0 Å². The van der Waals surface area contributed by atoms with Crippen LogP contribution < -0.4 is 20.5 Å². The number of benzene rings is 3. The quantitative estimate of drug-likeness (QED) is 0.0818. The molecule has 2 saturated heterocycles. The molecule has 248 valence electrons. The Kier molecular flexibility index (Phi) is 10.3. The average molecular weight is 674 g/mol. The summed E-state index contributed by atoms with van der Waals surface area (Å²) in [5.41, 5.74) is 7.29. The van der Waals surface area contributed by atoms with E-state index < -0.39 is 31.8 Å². The number of nitrogens with zero attached hydrogens (tertiary/aromatic N) is 2. The third-order valence-electron chi connectivity index (χ3n) is 8.41. The molecule has 1 spiro atoms. The third-order valence-corrected chi connectivity index (χ3v) is 11.7. The molecule has 2 aliphatic rings. The molecule has 3 aromatic carbocycles. The molecular weight excluding hydrogens is 635 g/mol. The lowest BCUT2D eigenvalue weighted by Gasteiger charge is -2.38. The number of nitrogens with one attached hydrogen (secondary N) is 2. The van der Waals surface area contributed by atoms with Crippen molar-refractivity contribution >= 4 is 25.9 Å². The van der Waals surface area contributed by atoms with Gasteiger partial charge in [0.15, 0.2) is 5.84 Å². The van der Waals surface area contributed by atoms with Gasteiger partial charge in [0.2, 0.25) is 20.0 Å². The van der Waals surface area contributed by atoms with Crippen molar-refractivity contribution in [3.05, 3.63) is 78.4 Å². The summed E-state index contributed by atoms with van der Waals surface area (Å²) in [6.45, 7) is 1.32. The van der Waals surface area contributed by atoms with Gasteiger partial charge in [-0.1, -0.05) is 47.6 Å². The zero-order valence-corrected chi connectivity index (χ0v) is 27.0. The molecule has 2 heterocycles. The number of rotatable bonds is 12. The van der Waals surface area contributed by atoms with Crippen molar-refractivity contribution in [2.24, 2.45) is 10.9 Å². The summed E-state index contributed by atoms with van der Waals surface area (Å²) in [5.74, 6) is 0.327. The Morgan fingerprint density at radius 2 is 1.74 bits per heavy atom. The average Bonchev–Trinajstić information content (AvgIpc) is 3.48. The van der Waals surface area contributed by atoms with Gasteiger partial charge in [0.25, 0.3) is 0 Å². The van der Waals surface area contributed by atoms with Crippen molar-refractivity contribution in [2.45, 2.75) is 46.8 Å². The maximum Gasteiger partial charge on any atom is 0.243 e. The van der Waals surface area contributed by atoms with E-state index in [1.165, 1.54) is 23.5 Å². The van der Waals surface area contributed by atoms with E-state index >= 15 is 0 Å². The summed E-state index contributed by atoms with van der Waals surface area (Å²) in [5, 5.41) is 25.7. The number of piperidine rings is 1. The molecule has 0 amide bonds. The number of ether oxygens (including phenoxy) is 2. The van der Waals surface area contributed by atoms with E-state index in [0.29, 0.717) is 50.3 Å². The minimum absolute atomic E-state index is 0.00759. The highest BCUT2D eigenvalue weighted by molar-refractivity contribution is 7.89.